The van der Waals surface area contributed by atoms with Gasteiger partial charge in [0.05, 0.1) is 36.9 Å². The van der Waals surface area contributed by atoms with Gasteiger partial charge in [0.1, 0.15) is 36.3 Å². The van der Waals surface area contributed by atoms with Crippen molar-refractivity contribution < 1.29 is 61.1 Å². The van der Waals surface area contributed by atoms with Gasteiger partial charge in [-0.15, -0.1) is 0 Å². The van der Waals surface area contributed by atoms with E-state index in [4.69, 9.17) is 29.2 Å². The van der Waals surface area contributed by atoms with Crippen molar-refractivity contribution in [3.05, 3.63) is 77.7 Å². The van der Waals surface area contributed by atoms with Gasteiger partial charge in [0, 0.05) is 25.7 Å². The van der Waals surface area contributed by atoms with Crippen LogP contribution in [0.5, 0.6) is 11.5 Å². The molecule has 0 unspecified atom stereocenters. The minimum atomic E-state index is -4.03. The maximum absolute atomic E-state index is 14.6. The molecule has 60 heavy (non-hydrogen) atoms. The molecule has 0 radical (unpaired) electrons. The number of pyridine rings is 1. The standard InChI is InChI=1S/C42H57FN4O12S/c43-37-20-17-35(28-32(37)12-10-8-6-4-2-1-3-5-7-9-11-13-40(49)50)59-34-15-18-36(19-16-34)60(54,55)47-38-21-14-33(29-46-38)42(53)45-23-25-57-30-39(48)44-22-24-56-26-27-58-31-41(51)52/h14-21,28-29H,1-13,22-27,30-31H2,(H,44,48)(H,45,53)(H,46,47)(H,49,50)(H,51,52). The molecule has 5 N–H and O–H groups in total. The van der Waals surface area contributed by atoms with Crippen molar-refractivity contribution in [1.82, 2.24) is 15.6 Å². The second kappa shape index (κ2) is 28.3. The van der Waals surface area contributed by atoms with E-state index in [0.29, 0.717) is 23.5 Å². The number of carboxylic acid groups (broad SMARTS) is 2. The molecule has 0 aliphatic heterocycles. The zero-order chi connectivity index (χ0) is 43.4. The van der Waals surface area contributed by atoms with E-state index in [-0.39, 0.29) is 80.5 Å². The average Bonchev–Trinajstić information content (AvgIpc) is 3.21. The van der Waals surface area contributed by atoms with Crippen LogP contribution in [0.3, 0.4) is 0 Å². The number of sulfonamides is 1. The number of carboxylic acids is 2. The Kier molecular flexibility index (Phi) is 23.2. The van der Waals surface area contributed by atoms with Gasteiger partial charge >= 0.3 is 11.9 Å². The molecule has 0 spiro atoms. The predicted molar refractivity (Wildman–Crippen MR) is 220 cm³/mol. The number of anilines is 1. The van der Waals surface area contributed by atoms with Gasteiger partial charge in [-0.05, 0) is 79.4 Å². The predicted octanol–water partition coefficient (Wildman–Crippen LogP) is 6.10. The van der Waals surface area contributed by atoms with E-state index in [1.807, 2.05) is 0 Å². The summed E-state index contributed by atoms with van der Waals surface area (Å²) in [6.07, 6.45) is 13.6. The van der Waals surface area contributed by atoms with E-state index < -0.39 is 34.5 Å². The molecule has 0 aliphatic carbocycles. The number of hydrogen-bond acceptors (Lipinski definition) is 11. The number of benzene rings is 2. The van der Waals surface area contributed by atoms with Gasteiger partial charge in [-0.3, -0.25) is 19.1 Å². The Morgan fingerprint density at radius 1 is 0.650 bits per heavy atom. The van der Waals surface area contributed by atoms with Gasteiger partial charge in [0.25, 0.3) is 15.9 Å². The van der Waals surface area contributed by atoms with Crippen LogP contribution in [0.2, 0.25) is 0 Å². The van der Waals surface area contributed by atoms with Crippen molar-refractivity contribution in [1.29, 1.82) is 0 Å². The number of carbonyl (C=O) groups excluding carboxylic acids is 2. The Morgan fingerprint density at radius 2 is 1.25 bits per heavy atom. The molecular weight excluding hydrogens is 804 g/mol. The van der Waals surface area contributed by atoms with Crippen LogP contribution >= 0.6 is 0 Å². The van der Waals surface area contributed by atoms with Gasteiger partial charge in [-0.25, -0.2) is 22.6 Å². The fourth-order valence-electron chi connectivity index (χ4n) is 5.79. The second-order valence-corrected chi connectivity index (χ2v) is 15.5. The fourth-order valence-corrected chi connectivity index (χ4v) is 6.80. The zero-order valence-electron chi connectivity index (χ0n) is 33.8. The number of nitrogens with one attached hydrogen (secondary N) is 3. The SMILES string of the molecule is O=C(O)CCCCCCCCCCCCCc1cc(Oc2ccc(S(=O)(=O)Nc3ccc(C(=O)NCCOCC(=O)NCCOCCOCC(=O)O)cn3)cc2)ccc1F. The number of aromatic nitrogens is 1. The first-order valence-electron chi connectivity index (χ1n) is 20.2. The van der Waals surface area contributed by atoms with Crippen molar-refractivity contribution in [2.75, 3.05) is 57.5 Å². The van der Waals surface area contributed by atoms with Crippen LogP contribution in [0.4, 0.5) is 10.2 Å². The summed E-state index contributed by atoms with van der Waals surface area (Å²) in [4.78, 5) is 49.2. The van der Waals surface area contributed by atoms with E-state index >= 15 is 0 Å². The lowest BCUT2D eigenvalue weighted by Gasteiger charge is -2.11. The third-order valence-corrected chi connectivity index (χ3v) is 10.3. The first-order valence-corrected chi connectivity index (χ1v) is 21.7. The summed E-state index contributed by atoms with van der Waals surface area (Å²) < 4.78 is 64.2. The van der Waals surface area contributed by atoms with Crippen molar-refractivity contribution in [2.45, 2.75) is 88.4 Å². The van der Waals surface area contributed by atoms with Crippen molar-refractivity contribution in [3.8, 4) is 11.5 Å². The topological polar surface area (TPSA) is 229 Å². The van der Waals surface area contributed by atoms with Crippen LogP contribution < -0.4 is 20.1 Å². The molecule has 2 amide bonds. The number of hydrogen-bond donors (Lipinski definition) is 5. The van der Waals surface area contributed by atoms with E-state index in [2.05, 4.69) is 20.3 Å². The number of nitrogens with zero attached hydrogens (tertiary/aromatic N) is 1. The molecule has 0 fully saturated rings. The number of aryl methyl sites for hydroxylation is 1. The largest absolute Gasteiger partial charge is 0.481 e. The third kappa shape index (κ3) is 21.2. The Morgan fingerprint density at radius 3 is 1.90 bits per heavy atom. The molecule has 2 aromatic carbocycles. The molecule has 0 saturated heterocycles. The number of unbranched alkanes of at least 4 members (excludes halogenated alkanes) is 10. The number of aliphatic carboxylic acids is 2. The van der Waals surface area contributed by atoms with Gasteiger partial charge in [0.15, 0.2) is 0 Å². The molecule has 3 rings (SSSR count). The highest BCUT2D eigenvalue weighted by Crippen LogP contribution is 2.26. The summed E-state index contributed by atoms with van der Waals surface area (Å²) in [5.74, 6) is -2.15. The normalized spacial score (nSPS) is 11.2. The molecule has 16 nitrogen and oxygen atoms in total. The molecule has 1 aromatic heterocycles. The lowest BCUT2D eigenvalue weighted by atomic mass is 10.0. The Hall–Kier alpha value is -5.17. The summed E-state index contributed by atoms with van der Waals surface area (Å²) in [5, 5.41) is 22.4. The number of ether oxygens (including phenoxy) is 4. The van der Waals surface area contributed by atoms with Crippen molar-refractivity contribution >= 4 is 39.6 Å². The molecule has 18 heteroatoms. The van der Waals surface area contributed by atoms with Gasteiger partial charge < -0.3 is 39.8 Å². The average molecular weight is 861 g/mol. The van der Waals surface area contributed by atoms with Crippen molar-refractivity contribution in [3.63, 3.8) is 0 Å². The summed E-state index contributed by atoms with van der Waals surface area (Å²) in [6.45, 7) is 0.271. The Bertz CT molecular complexity index is 1870. The fraction of sp³-hybridized carbons (Fsp3) is 0.500. The van der Waals surface area contributed by atoms with E-state index in [1.165, 1.54) is 67.6 Å². The Labute approximate surface area is 350 Å². The molecular formula is C42H57FN4O12S. The molecule has 0 bridgehead atoms. The number of rotatable bonds is 33. The van der Waals surface area contributed by atoms with E-state index in [9.17, 15) is 32.0 Å². The summed E-state index contributed by atoms with van der Waals surface area (Å²) in [5.41, 5.74) is 0.735. The minimum Gasteiger partial charge on any atom is -0.481 e. The maximum atomic E-state index is 14.6. The first kappa shape index (κ1) is 49.2. The lowest BCUT2D eigenvalue weighted by molar-refractivity contribution is -0.143. The van der Waals surface area contributed by atoms with E-state index in [1.54, 1.807) is 6.07 Å². The van der Waals surface area contributed by atoms with Crippen LogP contribution in [0.15, 0.2) is 65.7 Å². The highest BCUT2D eigenvalue weighted by molar-refractivity contribution is 7.92. The van der Waals surface area contributed by atoms with Crippen LogP contribution in [0, 0.1) is 5.82 Å². The summed E-state index contributed by atoms with van der Waals surface area (Å²) in [7, 11) is -4.03. The summed E-state index contributed by atoms with van der Waals surface area (Å²) in [6, 6.07) is 13.1. The van der Waals surface area contributed by atoms with Gasteiger partial charge in [-0.2, -0.15) is 0 Å². The van der Waals surface area contributed by atoms with Gasteiger partial charge in [0.2, 0.25) is 5.91 Å². The van der Waals surface area contributed by atoms with Crippen molar-refractivity contribution in [2.24, 2.45) is 0 Å². The van der Waals surface area contributed by atoms with Gasteiger partial charge in [-0.1, -0.05) is 57.8 Å². The smallest absolute Gasteiger partial charge is 0.329 e. The number of carbonyl (C=O) groups is 4. The monoisotopic (exact) mass is 860 g/mol. The molecule has 330 valence electrons. The van der Waals surface area contributed by atoms with Crippen LogP contribution in [-0.2, 0) is 45.0 Å². The first-order chi connectivity index (χ1) is 28.9. The molecule has 0 aliphatic rings. The van der Waals surface area contributed by atoms with E-state index in [0.717, 1.165) is 57.8 Å². The molecule has 0 saturated carbocycles. The quantitative estimate of drug-likeness (QED) is 0.0437. The Balaban J connectivity index is 1.31. The van der Waals surface area contributed by atoms with Crippen LogP contribution in [0.25, 0.3) is 0 Å². The summed E-state index contributed by atoms with van der Waals surface area (Å²) >= 11 is 0. The molecule has 1 heterocycles. The van der Waals surface area contributed by atoms with Crippen LogP contribution in [0.1, 0.15) is 93.0 Å². The zero-order valence-corrected chi connectivity index (χ0v) is 34.6. The lowest BCUT2D eigenvalue weighted by Crippen LogP contribution is -2.32. The highest BCUT2D eigenvalue weighted by Gasteiger charge is 2.16. The minimum absolute atomic E-state index is 0.00437. The molecule has 3 aromatic rings. The number of amides is 2. The second-order valence-electron chi connectivity index (χ2n) is 13.9. The third-order valence-electron chi connectivity index (χ3n) is 8.92. The number of halogens is 1. The van der Waals surface area contributed by atoms with Crippen LogP contribution in [-0.4, -0.2) is 100 Å². The molecule has 0 atom stereocenters. The maximum Gasteiger partial charge on any atom is 0.329 e. The highest BCUT2D eigenvalue weighted by atomic mass is 32.2.